The number of carboxylic acid groups (broad SMARTS) is 4. The Morgan fingerprint density at radius 3 is 0.800 bits per heavy atom. The number of rotatable bonds is 0. The molecule has 1 radical (unpaired) electrons. The molecule has 0 atom stereocenters. The maximum atomic E-state index is 8.33. The third-order valence-corrected chi connectivity index (χ3v) is 0. The van der Waals surface area contributed by atoms with Gasteiger partial charge in [-0.1, -0.05) is 0 Å². The van der Waals surface area contributed by atoms with Crippen LogP contribution in [0.4, 0.5) is 9.59 Å². The first-order chi connectivity index (χ1) is 3.46. The molecular formula is C2CaCoO6. The minimum Gasteiger partial charge on any atom is -0.652 e. The molecule has 0 aromatic heterocycles. The predicted octanol–water partition coefficient (Wildman–Crippen LogP) is -5.28. The van der Waals surface area contributed by atoms with E-state index in [4.69, 9.17) is 30.0 Å². The van der Waals surface area contributed by atoms with Gasteiger partial charge in [-0.2, -0.15) is 0 Å². The van der Waals surface area contributed by atoms with Crippen molar-refractivity contribution in [2.45, 2.75) is 0 Å². The van der Waals surface area contributed by atoms with Crippen LogP contribution in [0.15, 0.2) is 0 Å². The number of hydrogen-bond acceptors (Lipinski definition) is 6. The Morgan fingerprint density at radius 1 is 0.800 bits per heavy atom. The van der Waals surface area contributed by atoms with Crippen LogP contribution < -0.4 is 20.4 Å². The molecule has 0 rings (SSSR count). The van der Waals surface area contributed by atoms with Crippen LogP contribution in [-0.4, -0.2) is 50.0 Å². The van der Waals surface area contributed by atoms with Gasteiger partial charge in [0, 0.05) is 0 Å². The second kappa shape index (κ2) is 16.1. The average molecular weight is 219 g/mol. The van der Waals surface area contributed by atoms with Gasteiger partial charge in [0.25, 0.3) is 0 Å². The average Bonchev–Trinajstić information content (AvgIpc) is 1.25. The van der Waals surface area contributed by atoms with Crippen LogP contribution in [0.2, 0.25) is 0 Å². The van der Waals surface area contributed by atoms with Crippen molar-refractivity contribution in [1.29, 1.82) is 0 Å². The molecule has 8 heteroatoms. The largest absolute Gasteiger partial charge is 2.00 e. The first kappa shape index (κ1) is 22.4. The number of hydrogen-bond donors (Lipinski definition) is 0. The van der Waals surface area contributed by atoms with Gasteiger partial charge in [0.2, 0.25) is 0 Å². The van der Waals surface area contributed by atoms with Crippen molar-refractivity contribution in [3.05, 3.63) is 0 Å². The summed E-state index contributed by atoms with van der Waals surface area (Å²) in [6, 6.07) is 0. The van der Waals surface area contributed by atoms with Crippen molar-refractivity contribution < 1.29 is 46.8 Å². The number of carbonyl (C=O) groups is 2. The zero-order chi connectivity index (χ0) is 7.15. The van der Waals surface area contributed by atoms with Crippen molar-refractivity contribution in [2.24, 2.45) is 0 Å². The zero-order valence-electron chi connectivity index (χ0n) is 4.49. The van der Waals surface area contributed by atoms with Crippen LogP contribution in [0.1, 0.15) is 0 Å². The van der Waals surface area contributed by atoms with Gasteiger partial charge in [-0.25, -0.2) is 0 Å². The molecule has 0 aromatic carbocycles. The van der Waals surface area contributed by atoms with Crippen LogP contribution >= 0.6 is 0 Å². The maximum absolute atomic E-state index is 8.33. The molecule has 0 saturated heterocycles. The molecule has 55 valence electrons. The van der Waals surface area contributed by atoms with Gasteiger partial charge >= 0.3 is 54.5 Å². The summed E-state index contributed by atoms with van der Waals surface area (Å²) in [4.78, 5) is 16.7. The Hall–Kier alpha value is 0.306. The molecule has 0 saturated carbocycles. The monoisotopic (exact) mass is 219 g/mol. The molecule has 10 heavy (non-hydrogen) atoms. The molecule has 0 aliphatic heterocycles. The van der Waals surface area contributed by atoms with Crippen molar-refractivity contribution in [1.82, 2.24) is 0 Å². The first-order valence-electron chi connectivity index (χ1n) is 1.22. The van der Waals surface area contributed by atoms with Crippen LogP contribution in [0.5, 0.6) is 0 Å². The molecular weight excluding hydrogens is 219 g/mol. The summed E-state index contributed by atoms with van der Waals surface area (Å²) < 4.78 is 0. The van der Waals surface area contributed by atoms with Crippen LogP contribution in [0.3, 0.4) is 0 Å². The third kappa shape index (κ3) is 4730. The Morgan fingerprint density at radius 2 is 0.800 bits per heavy atom. The molecule has 0 N–H and O–H groups in total. The molecule has 0 bridgehead atoms. The van der Waals surface area contributed by atoms with Crippen molar-refractivity contribution >= 4 is 50.0 Å². The summed E-state index contributed by atoms with van der Waals surface area (Å²) in [5, 5.41) is 33.3. The van der Waals surface area contributed by atoms with Crippen molar-refractivity contribution in [3.63, 3.8) is 0 Å². The van der Waals surface area contributed by atoms with Crippen LogP contribution in [-0.2, 0) is 16.8 Å². The van der Waals surface area contributed by atoms with E-state index in [1.807, 2.05) is 0 Å². The van der Waals surface area contributed by atoms with E-state index in [9.17, 15) is 0 Å². The maximum Gasteiger partial charge on any atom is 2.00 e. The van der Waals surface area contributed by atoms with Gasteiger partial charge in [0.15, 0.2) is 0 Å². The second-order valence-electron chi connectivity index (χ2n) is 0.500. The van der Waals surface area contributed by atoms with Crippen LogP contribution in [0, 0.1) is 0 Å². The summed E-state index contributed by atoms with van der Waals surface area (Å²) in [7, 11) is 0. The van der Waals surface area contributed by atoms with Gasteiger partial charge in [0.05, 0.1) is 0 Å². The molecule has 0 fully saturated rings. The van der Waals surface area contributed by atoms with E-state index in [0.29, 0.717) is 0 Å². The zero-order valence-corrected chi connectivity index (χ0v) is 7.74. The third-order valence-electron chi connectivity index (χ3n) is 0. The molecule has 0 aliphatic rings. The fourth-order valence-electron chi connectivity index (χ4n) is 0. The van der Waals surface area contributed by atoms with Gasteiger partial charge in [0.1, 0.15) is 0 Å². The summed E-state index contributed by atoms with van der Waals surface area (Å²) in [6.07, 6.45) is -4.67. The predicted molar refractivity (Wildman–Crippen MR) is 16.5 cm³/mol. The van der Waals surface area contributed by atoms with Crippen molar-refractivity contribution in [2.75, 3.05) is 0 Å². The summed E-state index contributed by atoms with van der Waals surface area (Å²) in [5.74, 6) is 0. The minimum atomic E-state index is -2.33. The van der Waals surface area contributed by atoms with Crippen molar-refractivity contribution in [3.8, 4) is 0 Å². The minimum absolute atomic E-state index is 0. The molecule has 0 heterocycles. The Kier molecular flexibility index (Phi) is 36.2. The van der Waals surface area contributed by atoms with E-state index in [0.717, 1.165) is 0 Å². The molecule has 0 amide bonds. The van der Waals surface area contributed by atoms with E-state index >= 15 is 0 Å². The molecule has 0 unspecified atom stereocenters. The first-order valence-corrected chi connectivity index (χ1v) is 1.22. The molecule has 6 nitrogen and oxygen atoms in total. The van der Waals surface area contributed by atoms with E-state index in [1.165, 1.54) is 0 Å². The molecule has 0 spiro atoms. The smallest absolute Gasteiger partial charge is 0.652 e. The molecule has 0 aromatic rings. The summed E-state index contributed by atoms with van der Waals surface area (Å²) in [5.41, 5.74) is 0. The molecule has 0 aliphatic carbocycles. The van der Waals surface area contributed by atoms with E-state index in [1.54, 1.807) is 0 Å². The van der Waals surface area contributed by atoms with E-state index in [2.05, 4.69) is 0 Å². The van der Waals surface area contributed by atoms with Gasteiger partial charge in [-0.05, 0) is 12.3 Å². The Balaban J connectivity index is -0.0000000300. The van der Waals surface area contributed by atoms with Gasteiger partial charge < -0.3 is 30.0 Å². The SMILES string of the molecule is O=C([O-])[O-].O=C([O-])[O-].[Ca+2].[Co+2]. The topological polar surface area (TPSA) is 126 Å². The van der Waals surface area contributed by atoms with Crippen LogP contribution in [0.25, 0.3) is 0 Å². The van der Waals surface area contributed by atoms with Gasteiger partial charge in [-0.3, -0.25) is 0 Å². The standard InChI is InChI=1S/2CH2O3.Ca.Co/c2*2-1(3)4;;/h2*(H2,2,3,4);;/q;;2*+2/p-4. The number of carbonyl (C=O) groups excluding carboxylic acids is 2. The second-order valence-corrected chi connectivity index (χ2v) is 0.500. The quantitative estimate of drug-likeness (QED) is 0.374. The fourth-order valence-corrected chi connectivity index (χ4v) is 0. The Labute approximate surface area is 96.0 Å². The van der Waals surface area contributed by atoms with E-state index < -0.39 is 12.3 Å². The van der Waals surface area contributed by atoms with E-state index in [-0.39, 0.29) is 54.5 Å². The summed E-state index contributed by atoms with van der Waals surface area (Å²) >= 11 is 0. The summed E-state index contributed by atoms with van der Waals surface area (Å²) in [6.45, 7) is 0. The van der Waals surface area contributed by atoms with Gasteiger partial charge in [-0.15, -0.1) is 0 Å². The normalized spacial score (nSPS) is 4.80. The fraction of sp³-hybridized carbons (Fsp3) is 0. The Bertz CT molecular complexity index is 73.7.